The monoisotopic (exact) mass is 320 g/mol. The molecule has 2 aromatic carbocycles. The zero-order valence-corrected chi connectivity index (χ0v) is 13.4. The summed E-state index contributed by atoms with van der Waals surface area (Å²) in [6.45, 7) is -0.320. The summed E-state index contributed by atoms with van der Waals surface area (Å²) in [7, 11) is 3.21. The van der Waals surface area contributed by atoms with E-state index in [1.165, 1.54) is 11.8 Å². The van der Waals surface area contributed by atoms with Crippen LogP contribution >= 0.6 is 11.8 Å². The molecule has 22 heavy (non-hydrogen) atoms. The lowest BCUT2D eigenvalue weighted by Crippen LogP contribution is -2.20. The maximum atomic E-state index is 10.2. The van der Waals surface area contributed by atoms with Gasteiger partial charge in [0, 0.05) is 10.5 Å². The van der Waals surface area contributed by atoms with Gasteiger partial charge in [0.1, 0.15) is 11.5 Å². The summed E-state index contributed by atoms with van der Waals surface area (Å²) >= 11 is 1.46. The predicted molar refractivity (Wildman–Crippen MR) is 87.7 cm³/mol. The highest BCUT2D eigenvalue weighted by Gasteiger charge is 2.25. The fourth-order valence-corrected chi connectivity index (χ4v) is 3.37. The van der Waals surface area contributed by atoms with Crippen LogP contribution < -0.4 is 9.47 Å². The third-order valence-electron chi connectivity index (χ3n) is 3.29. The first-order chi connectivity index (χ1) is 10.7. The Morgan fingerprint density at radius 1 is 1.05 bits per heavy atom. The maximum absolute atomic E-state index is 10.2. The molecule has 0 radical (unpaired) electrons. The average molecular weight is 320 g/mol. The van der Waals surface area contributed by atoms with E-state index in [0.29, 0.717) is 5.75 Å². The van der Waals surface area contributed by atoms with Crippen LogP contribution in [0.25, 0.3) is 0 Å². The average Bonchev–Trinajstić information content (AvgIpc) is 2.59. The van der Waals surface area contributed by atoms with Crippen molar-refractivity contribution in [1.29, 1.82) is 0 Å². The Hall–Kier alpha value is -1.69. The van der Waals surface area contributed by atoms with Crippen molar-refractivity contribution >= 4 is 11.8 Å². The number of para-hydroxylation sites is 1. The van der Waals surface area contributed by atoms with Crippen molar-refractivity contribution < 1.29 is 19.7 Å². The molecule has 0 aliphatic rings. The molecule has 0 aliphatic heterocycles. The van der Waals surface area contributed by atoms with E-state index in [2.05, 4.69) is 0 Å². The maximum Gasteiger partial charge on any atom is 0.123 e. The van der Waals surface area contributed by atoms with Crippen molar-refractivity contribution in [3.8, 4) is 11.5 Å². The van der Waals surface area contributed by atoms with Crippen LogP contribution in [0.1, 0.15) is 10.8 Å². The molecule has 2 unspecified atom stereocenters. The second-order valence-electron chi connectivity index (χ2n) is 4.71. The van der Waals surface area contributed by atoms with Crippen molar-refractivity contribution in [2.24, 2.45) is 0 Å². The summed E-state index contributed by atoms with van der Waals surface area (Å²) in [4.78, 5) is 0.947. The molecule has 0 amide bonds. The van der Waals surface area contributed by atoms with Gasteiger partial charge in [-0.1, -0.05) is 24.3 Å². The number of ether oxygens (including phenoxy) is 2. The Balaban J connectivity index is 2.34. The predicted octanol–water partition coefficient (Wildman–Crippen LogP) is 2.89. The fraction of sp³-hybridized carbons (Fsp3) is 0.294. The molecule has 0 spiro atoms. The zero-order chi connectivity index (χ0) is 15.9. The molecular weight excluding hydrogens is 300 g/mol. The largest absolute Gasteiger partial charge is 0.497 e. The molecule has 4 nitrogen and oxygen atoms in total. The Bertz CT molecular complexity index is 603. The molecule has 2 N–H and O–H groups in total. The molecule has 2 atom stereocenters. The minimum atomic E-state index is -0.896. The lowest BCUT2D eigenvalue weighted by molar-refractivity contribution is 0.0926. The molecule has 0 aromatic heterocycles. The van der Waals surface area contributed by atoms with Gasteiger partial charge in [0.2, 0.25) is 0 Å². The van der Waals surface area contributed by atoms with Gasteiger partial charge >= 0.3 is 0 Å². The van der Waals surface area contributed by atoms with Gasteiger partial charge in [-0.15, -0.1) is 11.8 Å². The van der Waals surface area contributed by atoms with Crippen LogP contribution in [-0.4, -0.2) is 37.1 Å². The van der Waals surface area contributed by atoms with E-state index in [1.54, 1.807) is 14.2 Å². The molecule has 2 aromatic rings. The number of hydrogen-bond acceptors (Lipinski definition) is 5. The van der Waals surface area contributed by atoms with Gasteiger partial charge in [0.25, 0.3) is 0 Å². The Labute approximate surface area is 134 Å². The molecule has 5 heteroatoms. The van der Waals surface area contributed by atoms with Crippen molar-refractivity contribution in [3.05, 3.63) is 54.1 Å². The summed E-state index contributed by atoms with van der Waals surface area (Å²) in [6, 6.07) is 15.1. The number of thioether (sulfide) groups is 1. The van der Waals surface area contributed by atoms with Crippen molar-refractivity contribution in [2.75, 3.05) is 20.8 Å². The van der Waals surface area contributed by atoms with E-state index >= 15 is 0 Å². The van der Waals surface area contributed by atoms with Crippen LogP contribution in [0.4, 0.5) is 0 Å². The molecular formula is C17H20O4S. The zero-order valence-electron chi connectivity index (χ0n) is 12.6. The Morgan fingerprint density at radius 3 is 2.50 bits per heavy atom. The quantitative estimate of drug-likeness (QED) is 0.768. The fourth-order valence-electron chi connectivity index (χ4n) is 2.17. The second-order valence-corrected chi connectivity index (χ2v) is 5.92. The van der Waals surface area contributed by atoms with Crippen molar-refractivity contribution in [3.63, 3.8) is 0 Å². The van der Waals surface area contributed by atoms with Crippen molar-refractivity contribution in [2.45, 2.75) is 16.2 Å². The van der Waals surface area contributed by atoms with Crippen LogP contribution in [0.2, 0.25) is 0 Å². The highest BCUT2D eigenvalue weighted by Crippen LogP contribution is 2.42. The minimum Gasteiger partial charge on any atom is -0.497 e. The smallest absolute Gasteiger partial charge is 0.123 e. The summed E-state index contributed by atoms with van der Waals surface area (Å²) in [5, 5.41) is 19.3. The summed E-state index contributed by atoms with van der Waals surface area (Å²) in [5.41, 5.74) is 0.847. The number of hydrogen-bond donors (Lipinski definition) is 2. The highest BCUT2D eigenvalue weighted by molar-refractivity contribution is 7.99. The number of methoxy groups -OCH3 is 2. The summed E-state index contributed by atoms with van der Waals surface area (Å²) < 4.78 is 10.6. The topological polar surface area (TPSA) is 58.9 Å². The molecule has 0 fully saturated rings. The third kappa shape index (κ3) is 3.94. The number of aliphatic hydroxyl groups excluding tert-OH is 2. The molecule has 0 bridgehead atoms. The molecule has 118 valence electrons. The van der Waals surface area contributed by atoms with Gasteiger partial charge in [-0.3, -0.25) is 0 Å². The first-order valence-electron chi connectivity index (χ1n) is 6.92. The van der Waals surface area contributed by atoms with Crippen LogP contribution in [0.3, 0.4) is 0 Å². The van der Waals surface area contributed by atoms with Crippen molar-refractivity contribution in [1.82, 2.24) is 0 Å². The first-order valence-corrected chi connectivity index (χ1v) is 7.80. The lowest BCUT2D eigenvalue weighted by atomic mass is 10.1. The lowest BCUT2D eigenvalue weighted by Gasteiger charge is -2.23. The van der Waals surface area contributed by atoms with Gasteiger partial charge in [-0.2, -0.15) is 0 Å². The molecule has 0 saturated heterocycles. The van der Waals surface area contributed by atoms with Gasteiger partial charge in [0.15, 0.2) is 0 Å². The van der Waals surface area contributed by atoms with E-state index in [0.717, 1.165) is 16.2 Å². The normalized spacial score (nSPS) is 13.5. The SMILES string of the molecule is COc1cccc(SC(c2ccccc2OC)C(O)CO)c1. The second kappa shape index (κ2) is 8.08. The summed E-state index contributed by atoms with van der Waals surface area (Å²) in [6.07, 6.45) is -0.896. The number of aliphatic hydroxyl groups is 2. The van der Waals surface area contributed by atoms with E-state index in [1.807, 2.05) is 48.5 Å². The molecule has 0 saturated carbocycles. The molecule has 0 aliphatic carbocycles. The molecule has 0 heterocycles. The number of benzene rings is 2. The summed E-state index contributed by atoms with van der Waals surface area (Å²) in [5.74, 6) is 1.44. The van der Waals surface area contributed by atoms with Gasteiger partial charge in [-0.25, -0.2) is 0 Å². The standard InChI is InChI=1S/C17H20O4S/c1-20-12-6-5-7-13(10-12)22-17(15(19)11-18)14-8-3-4-9-16(14)21-2/h3-10,15,17-19H,11H2,1-2H3. The van der Waals surface area contributed by atoms with Gasteiger partial charge in [-0.05, 0) is 24.3 Å². The Kier molecular flexibility index (Phi) is 6.12. The van der Waals surface area contributed by atoms with E-state index < -0.39 is 6.10 Å². The third-order valence-corrected chi connectivity index (χ3v) is 4.63. The first kappa shape index (κ1) is 16.7. The van der Waals surface area contributed by atoms with Gasteiger partial charge in [0.05, 0.1) is 32.2 Å². The molecule has 2 rings (SSSR count). The van der Waals surface area contributed by atoms with Crippen LogP contribution in [0.5, 0.6) is 11.5 Å². The minimum absolute atomic E-state index is 0.320. The van der Waals surface area contributed by atoms with Crippen LogP contribution in [0.15, 0.2) is 53.4 Å². The highest BCUT2D eigenvalue weighted by atomic mass is 32.2. The number of rotatable bonds is 7. The van der Waals surface area contributed by atoms with Crippen LogP contribution in [0, 0.1) is 0 Å². The van der Waals surface area contributed by atoms with E-state index in [-0.39, 0.29) is 11.9 Å². The van der Waals surface area contributed by atoms with Gasteiger partial charge < -0.3 is 19.7 Å². The Morgan fingerprint density at radius 2 is 1.82 bits per heavy atom. The van der Waals surface area contributed by atoms with Crippen LogP contribution in [-0.2, 0) is 0 Å². The van der Waals surface area contributed by atoms with E-state index in [4.69, 9.17) is 9.47 Å². The van der Waals surface area contributed by atoms with E-state index in [9.17, 15) is 10.2 Å².